The third-order valence-electron chi connectivity index (χ3n) is 6.00. The van der Waals surface area contributed by atoms with E-state index in [1.54, 1.807) is 34.1 Å². The molecule has 4 rings (SSSR count). The Morgan fingerprint density at radius 1 is 1.06 bits per heavy atom. The van der Waals surface area contributed by atoms with Gasteiger partial charge in [-0.15, -0.1) is 0 Å². The second-order valence-electron chi connectivity index (χ2n) is 8.83. The van der Waals surface area contributed by atoms with Gasteiger partial charge in [0.05, 0.1) is 23.7 Å². The standard InChI is InChI=1S/C24H30N4O5S/c1-16-15-27(24(30)33-23-6-4-5-13-25-23)22-14-19(9-12-21(22)28(16)17(2)29)18-7-10-20(11-8-18)26-34(3,31)32/h7-12,14,16,23,25-26H,4-6,13,15H2,1-3H3/t16-,23?/m0/s1. The average molecular weight is 487 g/mol. The third-order valence-corrected chi connectivity index (χ3v) is 6.61. The molecule has 2 aliphatic heterocycles. The van der Waals surface area contributed by atoms with Crippen molar-refractivity contribution < 1.29 is 22.7 Å². The number of amides is 2. The normalized spacial score (nSPS) is 20.4. The number of carbonyl (C=O) groups is 2. The van der Waals surface area contributed by atoms with E-state index in [4.69, 9.17) is 4.74 Å². The summed E-state index contributed by atoms with van der Waals surface area (Å²) in [6.07, 6.45) is 3.18. The van der Waals surface area contributed by atoms with Crippen molar-refractivity contribution in [3.05, 3.63) is 42.5 Å². The van der Waals surface area contributed by atoms with E-state index in [9.17, 15) is 18.0 Å². The zero-order valence-corrected chi connectivity index (χ0v) is 20.4. The van der Waals surface area contributed by atoms with E-state index < -0.39 is 16.1 Å². The number of hydrogen-bond donors (Lipinski definition) is 2. The van der Waals surface area contributed by atoms with E-state index in [1.165, 1.54) is 6.92 Å². The van der Waals surface area contributed by atoms with Crippen molar-refractivity contribution in [2.75, 3.05) is 33.9 Å². The maximum absolute atomic E-state index is 13.2. The average Bonchev–Trinajstić information content (AvgIpc) is 2.78. The van der Waals surface area contributed by atoms with Crippen LogP contribution in [0.25, 0.3) is 11.1 Å². The Morgan fingerprint density at radius 2 is 1.76 bits per heavy atom. The number of hydrogen-bond acceptors (Lipinski definition) is 6. The zero-order valence-electron chi connectivity index (χ0n) is 19.6. The molecule has 2 aromatic carbocycles. The Kier molecular flexibility index (Phi) is 6.81. The summed E-state index contributed by atoms with van der Waals surface area (Å²) in [5.41, 5.74) is 3.39. The minimum atomic E-state index is -3.37. The molecule has 0 radical (unpaired) electrons. The van der Waals surface area contributed by atoms with Crippen molar-refractivity contribution in [2.45, 2.75) is 45.4 Å². The van der Waals surface area contributed by atoms with Crippen LogP contribution in [0, 0.1) is 0 Å². The highest BCUT2D eigenvalue weighted by molar-refractivity contribution is 7.92. The van der Waals surface area contributed by atoms with Crippen LogP contribution in [0.5, 0.6) is 0 Å². The van der Waals surface area contributed by atoms with Gasteiger partial charge >= 0.3 is 6.09 Å². The van der Waals surface area contributed by atoms with Crippen molar-refractivity contribution in [2.24, 2.45) is 0 Å². The minimum absolute atomic E-state index is 0.0975. The van der Waals surface area contributed by atoms with Gasteiger partial charge in [0.1, 0.15) is 0 Å². The first-order valence-electron chi connectivity index (χ1n) is 11.4. The molecular weight excluding hydrogens is 456 g/mol. The lowest BCUT2D eigenvalue weighted by Crippen LogP contribution is -2.52. The molecular formula is C24H30N4O5S. The van der Waals surface area contributed by atoms with E-state index in [1.807, 2.05) is 25.1 Å². The highest BCUT2D eigenvalue weighted by Crippen LogP contribution is 2.39. The molecule has 0 aliphatic carbocycles. The van der Waals surface area contributed by atoms with Crippen LogP contribution in [0.1, 0.15) is 33.1 Å². The first-order chi connectivity index (χ1) is 16.1. The van der Waals surface area contributed by atoms with Crippen LogP contribution in [0.15, 0.2) is 42.5 Å². The molecule has 34 heavy (non-hydrogen) atoms. The summed E-state index contributed by atoms with van der Waals surface area (Å²) in [6, 6.07) is 12.4. The number of rotatable bonds is 4. The van der Waals surface area contributed by atoms with Crippen LogP contribution in [-0.2, 0) is 19.6 Å². The van der Waals surface area contributed by atoms with Gasteiger partial charge in [0.15, 0.2) is 6.23 Å². The lowest BCUT2D eigenvalue weighted by atomic mass is 10.0. The number of fused-ring (bicyclic) bond motifs is 1. The first kappa shape index (κ1) is 24.0. The van der Waals surface area contributed by atoms with E-state index in [0.717, 1.165) is 43.2 Å². The lowest BCUT2D eigenvalue weighted by molar-refractivity contribution is -0.117. The van der Waals surface area contributed by atoms with Crippen molar-refractivity contribution in [3.63, 3.8) is 0 Å². The van der Waals surface area contributed by atoms with Gasteiger partial charge < -0.3 is 9.64 Å². The quantitative estimate of drug-likeness (QED) is 0.685. The Balaban J connectivity index is 1.67. The fraction of sp³-hybridized carbons (Fsp3) is 0.417. The largest absolute Gasteiger partial charge is 0.430 e. The second-order valence-corrected chi connectivity index (χ2v) is 10.6. The number of nitrogens with one attached hydrogen (secondary N) is 2. The van der Waals surface area contributed by atoms with Crippen LogP contribution in [0.3, 0.4) is 0 Å². The second kappa shape index (κ2) is 9.63. The Bertz CT molecular complexity index is 1180. The topological polar surface area (TPSA) is 108 Å². The molecule has 10 heteroatoms. The van der Waals surface area contributed by atoms with Crippen LogP contribution in [0.2, 0.25) is 0 Å². The monoisotopic (exact) mass is 486 g/mol. The fourth-order valence-electron chi connectivity index (χ4n) is 4.51. The molecule has 2 amide bonds. The predicted octanol–water partition coefficient (Wildman–Crippen LogP) is 3.52. The van der Waals surface area contributed by atoms with E-state index >= 15 is 0 Å². The van der Waals surface area contributed by atoms with Gasteiger partial charge in [-0.25, -0.2) is 13.2 Å². The molecule has 0 bridgehead atoms. The van der Waals surface area contributed by atoms with E-state index in [-0.39, 0.29) is 18.2 Å². The first-order valence-corrected chi connectivity index (χ1v) is 13.2. The number of piperidine rings is 1. The van der Waals surface area contributed by atoms with Crippen LogP contribution in [-0.4, -0.2) is 52.0 Å². The molecule has 9 nitrogen and oxygen atoms in total. The van der Waals surface area contributed by atoms with Crippen LogP contribution in [0.4, 0.5) is 21.9 Å². The van der Waals surface area contributed by atoms with Crippen molar-refractivity contribution in [1.82, 2.24) is 5.32 Å². The molecule has 2 aromatic rings. The van der Waals surface area contributed by atoms with Crippen LogP contribution < -0.4 is 19.8 Å². The molecule has 2 N–H and O–H groups in total. The third kappa shape index (κ3) is 5.34. The number of nitrogens with zero attached hydrogens (tertiary/aromatic N) is 2. The van der Waals surface area contributed by atoms with Crippen molar-refractivity contribution in [3.8, 4) is 11.1 Å². The molecule has 0 aromatic heterocycles. The number of carbonyl (C=O) groups excluding carboxylic acids is 2. The summed E-state index contributed by atoms with van der Waals surface area (Å²) in [5, 5.41) is 3.23. The van der Waals surface area contributed by atoms with E-state index in [2.05, 4.69) is 10.0 Å². The summed E-state index contributed by atoms with van der Waals surface area (Å²) in [4.78, 5) is 28.9. The SMILES string of the molecule is CC(=O)N1c2ccc(-c3ccc(NS(C)(=O)=O)cc3)cc2N(C(=O)OC2CCCCN2)C[C@@H]1C. The van der Waals surface area contributed by atoms with Crippen molar-refractivity contribution in [1.29, 1.82) is 0 Å². The molecule has 1 saturated heterocycles. The maximum atomic E-state index is 13.2. The number of sulfonamides is 1. The number of benzene rings is 2. The number of anilines is 3. The molecule has 182 valence electrons. The van der Waals surface area contributed by atoms with Gasteiger partial charge in [-0.3, -0.25) is 19.7 Å². The summed E-state index contributed by atoms with van der Waals surface area (Å²) in [5.74, 6) is -0.0975. The molecule has 0 spiro atoms. The number of ether oxygens (including phenoxy) is 1. The summed E-state index contributed by atoms with van der Waals surface area (Å²) < 4.78 is 31.1. The fourth-order valence-corrected chi connectivity index (χ4v) is 5.07. The van der Waals surface area contributed by atoms with Gasteiger partial charge in [0, 0.05) is 19.2 Å². The minimum Gasteiger partial charge on any atom is -0.430 e. The smallest absolute Gasteiger partial charge is 0.416 e. The Morgan fingerprint density at radius 3 is 2.38 bits per heavy atom. The van der Waals surface area contributed by atoms with Gasteiger partial charge in [0.25, 0.3) is 0 Å². The van der Waals surface area contributed by atoms with Gasteiger partial charge in [-0.1, -0.05) is 18.2 Å². The van der Waals surface area contributed by atoms with Gasteiger partial charge in [0.2, 0.25) is 15.9 Å². The maximum Gasteiger partial charge on any atom is 0.416 e. The van der Waals surface area contributed by atoms with Gasteiger partial charge in [-0.05, 0) is 68.1 Å². The van der Waals surface area contributed by atoms with Gasteiger partial charge in [-0.2, -0.15) is 0 Å². The lowest BCUT2D eigenvalue weighted by Gasteiger charge is -2.41. The molecule has 0 saturated carbocycles. The Labute approximate surface area is 200 Å². The van der Waals surface area contributed by atoms with Crippen LogP contribution >= 0.6 is 0 Å². The molecule has 1 fully saturated rings. The zero-order chi connectivity index (χ0) is 24.5. The Hall–Kier alpha value is -3.11. The summed E-state index contributed by atoms with van der Waals surface area (Å²) >= 11 is 0. The molecule has 1 unspecified atom stereocenters. The highest BCUT2D eigenvalue weighted by Gasteiger charge is 2.35. The highest BCUT2D eigenvalue weighted by atomic mass is 32.2. The summed E-state index contributed by atoms with van der Waals surface area (Å²) in [6.45, 7) is 4.56. The molecule has 2 atom stereocenters. The molecule has 2 heterocycles. The molecule has 2 aliphatic rings. The van der Waals surface area contributed by atoms with E-state index in [0.29, 0.717) is 23.6 Å². The predicted molar refractivity (Wildman–Crippen MR) is 132 cm³/mol. The van der Waals surface area contributed by atoms with Crippen molar-refractivity contribution >= 4 is 39.1 Å². The summed E-state index contributed by atoms with van der Waals surface area (Å²) in [7, 11) is -3.37.